The standard InChI is InChI=1S/C16H14N4O2/c1-20-10-13(9-18-20)12-6-7-17-15(8-12)19-14-4-2-11(3-5-14)16(21)22/h2-10H,1H3,(H,17,19)(H,21,22). The van der Waals surface area contributed by atoms with Crippen molar-refractivity contribution in [2.24, 2.45) is 7.05 Å². The maximum absolute atomic E-state index is 10.8. The van der Waals surface area contributed by atoms with Crippen LogP contribution in [-0.4, -0.2) is 25.8 Å². The average Bonchev–Trinajstić information content (AvgIpc) is 2.95. The maximum Gasteiger partial charge on any atom is 0.335 e. The van der Waals surface area contributed by atoms with Gasteiger partial charge in [0.1, 0.15) is 5.82 Å². The third kappa shape index (κ3) is 2.95. The molecule has 0 fully saturated rings. The summed E-state index contributed by atoms with van der Waals surface area (Å²) in [7, 11) is 1.87. The molecule has 0 bridgehead atoms. The van der Waals surface area contributed by atoms with Gasteiger partial charge < -0.3 is 10.4 Å². The Morgan fingerprint density at radius 1 is 1.18 bits per heavy atom. The van der Waals surface area contributed by atoms with E-state index >= 15 is 0 Å². The molecule has 0 aliphatic carbocycles. The molecule has 0 unspecified atom stereocenters. The van der Waals surface area contributed by atoms with Gasteiger partial charge in [0.2, 0.25) is 0 Å². The predicted molar refractivity (Wildman–Crippen MR) is 83.1 cm³/mol. The van der Waals surface area contributed by atoms with E-state index in [0.717, 1.165) is 16.8 Å². The molecule has 2 N–H and O–H groups in total. The molecule has 0 saturated carbocycles. The van der Waals surface area contributed by atoms with Crippen molar-refractivity contribution in [2.75, 3.05) is 5.32 Å². The first-order chi connectivity index (χ1) is 10.6. The number of nitrogens with one attached hydrogen (secondary N) is 1. The van der Waals surface area contributed by atoms with E-state index in [-0.39, 0.29) is 5.56 Å². The number of carboxylic acids is 1. The zero-order valence-corrected chi connectivity index (χ0v) is 11.9. The molecule has 2 aromatic heterocycles. The van der Waals surface area contributed by atoms with Gasteiger partial charge in [0, 0.05) is 30.7 Å². The topological polar surface area (TPSA) is 80.0 Å². The Morgan fingerprint density at radius 3 is 2.59 bits per heavy atom. The van der Waals surface area contributed by atoms with Gasteiger partial charge in [-0.1, -0.05) is 0 Å². The van der Waals surface area contributed by atoms with Crippen molar-refractivity contribution in [2.45, 2.75) is 0 Å². The van der Waals surface area contributed by atoms with E-state index in [1.807, 2.05) is 25.4 Å². The lowest BCUT2D eigenvalue weighted by Gasteiger charge is -2.07. The highest BCUT2D eigenvalue weighted by atomic mass is 16.4. The molecule has 0 atom stereocenters. The second-order valence-corrected chi connectivity index (χ2v) is 4.84. The molecule has 3 aromatic rings. The van der Waals surface area contributed by atoms with Gasteiger partial charge in [0.15, 0.2) is 0 Å². The average molecular weight is 294 g/mol. The molecule has 110 valence electrons. The van der Waals surface area contributed by atoms with Gasteiger partial charge in [-0.25, -0.2) is 9.78 Å². The normalized spacial score (nSPS) is 10.4. The quantitative estimate of drug-likeness (QED) is 0.773. The molecule has 0 spiro atoms. The third-order valence-electron chi connectivity index (χ3n) is 3.20. The summed E-state index contributed by atoms with van der Waals surface area (Å²) >= 11 is 0. The molecule has 0 aliphatic heterocycles. The number of rotatable bonds is 4. The number of aromatic nitrogens is 3. The second kappa shape index (κ2) is 5.69. The summed E-state index contributed by atoms with van der Waals surface area (Å²) in [6, 6.07) is 10.4. The van der Waals surface area contributed by atoms with Gasteiger partial charge in [0.05, 0.1) is 11.8 Å². The molecule has 3 rings (SSSR count). The minimum atomic E-state index is -0.941. The minimum absolute atomic E-state index is 0.252. The number of aromatic carboxylic acids is 1. The zero-order valence-electron chi connectivity index (χ0n) is 11.9. The van der Waals surface area contributed by atoms with Crippen LogP contribution in [0, 0.1) is 0 Å². The Bertz CT molecular complexity index is 809. The van der Waals surface area contributed by atoms with E-state index in [0.29, 0.717) is 5.82 Å². The van der Waals surface area contributed by atoms with Crippen LogP contribution in [0.25, 0.3) is 11.1 Å². The molecule has 6 heteroatoms. The van der Waals surface area contributed by atoms with Gasteiger partial charge >= 0.3 is 5.97 Å². The molecular weight excluding hydrogens is 280 g/mol. The van der Waals surface area contributed by atoms with Crippen LogP contribution >= 0.6 is 0 Å². The molecule has 0 amide bonds. The summed E-state index contributed by atoms with van der Waals surface area (Å²) in [6.07, 6.45) is 5.44. The van der Waals surface area contributed by atoms with E-state index < -0.39 is 5.97 Å². The van der Waals surface area contributed by atoms with E-state index in [2.05, 4.69) is 15.4 Å². The number of anilines is 2. The maximum atomic E-state index is 10.8. The smallest absolute Gasteiger partial charge is 0.335 e. The summed E-state index contributed by atoms with van der Waals surface area (Å²) in [5.74, 6) is -0.257. The van der Waals surface area contributed by atoms with Gasteiger partial charge in [-0.15, -0.1) is 0 Å². The zero-order chi connectivity index (χ0) is 15.5. The van der Waals surface area contributed by atoms with Crippen molar-refractivity contribution < 1.29 is 9.90 Å². The number of hydrogen-bond donors (Lipinski definition) is 2. The van der Waals surface area contributed by atoms with E-state index in [9.17, 15) is 4.79 Å². The summed E-state index contributed by atoms with van der Waals surface area (Å²) in [5.41, 5.74) is 3.05. The Hall–Kier alpha value is -3.15. The monoisotopic (exact) mass is 294 g/mol. The van der Waals surface area contributed by atoms with Gasteiger partial charge in [-0.05, 0) is 42.0 Å². The highest BCUT2D eigenvalue weighted by molar-refractivity contribution is 5.88. The highest BCUT2D eigenvalue weighted by Crippen LogP contribution is 2.22. The Balaban J connectivity index is 1.82. The number of carbonyl (C=O) groups is 1. The summed E-state index contributed by atoms with van der Waals surface area (Å²) < 4.78 is 1.74. The lowest BCUT2D eigenvalue weighted by molar-refractivity contribution is 0.0697. The van der Waals surface area contributed by atoms with Crippen LogP contribution in [0.4, 0.5) is 11.5 Å². The number of nitrogens with zero attached hydrogens (tertiary/aromatic N) is 3. The highest BCUT2D eigenvalue weighted by Gasteiger charge is 2.04. The first-order valence-electron chi connectivity index (χ1n) is 6.67. The number of hydrogen-bond acceptors (Lipinski definition) is 4. The lowest BCUT2D eigenvalue weighted by Crippen LogP contribution is -1.97. The fourth-order valence-electron chi connectivity index (χ4n) is 2.09. The van der Waals surface area contributed by atoms with Crippen LogP contribution in [0.3, 0.4) is 0 Å². The van der Waals surface area contributed by atoms with E-state index in [1.54, 1.807) is 41.3 Å². The minimum Gasteiger partial charge on any atom is -0.478 e. The first kappa shape index (κ1) is 13.8. The van der Waals surface area contributed by atoms with Crippen molar-refractivity contribution in [3.05, 3.63) is 60.6 Å². The molecule has 2 heterocycles. The van der Waals surface area contributed by atoms with Crippen LogP contribution in [0.5, 0.6) is 0 Å². The van der Waals surface area contributed by atoms with Crippen molar-refractivity contribution >= 4 is 17.5 Å². The number of benzene rings is 1. The first-order valence-corrected chi connectivity index (χ1v) is 6.67. The van der Waals surface area contributed by atoms with E-state index in [4.69, 9.17) is 5.11 Å². The Labute approximate surface area is 127 Å². The van der Waals surface area contributed by atoms with Gasteiger partial charge in [-0.3, -0.25) is 4.68 Å². The molecule has 0 saturated heterocycles. The summed E-state index contributed by atoms with van der Waals surface area (Å²) in [5, 5.41) is 16.2. The van der Waals surface area contributed by atoms with Gasteiger partial charge in [-0.2, -0.15) is 5.10 Å². The SMILES string of the molecule is Cn1cc(-c2ccnc(Nc3ccc(C(=O)O)cc3)c2)cn1. The van der Waals surface area contributed by atoms with Crippen molar-refractivity contribution in [3.8, 4) is 11.1 Å². The molecule has 6 nitrogen and oxygen atoms in total. The fourth-order valence-corrected chi connectivity index (χ4v) is 2.09. The number of aryl methyl sites for hydroxylation is 1. The largest absolute Gasteiger partial charge is 0.478 e. The molecule has 22 heavy (non-hydrogen) atoms. The number of carboxylic acid groups (broad SMARTS) is 1. The Kier molecular flexibility index (Phi) is 3.57. The van der Waals surface area contributed by atoms with Crippen LogP contribution in [0.15, 0.2) is 55.0 Å². The van der Waals surface area contributed by atoms with E-state index in [1.165, 1.54) is 0 Å². The van der Waals surface area contributed by atoms with Crippen LogP contribution in [-0.2, 0) is 7.05 Å². The molecule has 0 radical (unpaired) electrons. The fraction of sp³-hybridized carbons (Fsp3) is 0.0625. The van der Waals surface area contributed by atoms with Crippen LogP contribution in [0.1, 0.15) is 10.4 Å². The van der Waals surface area contributed by atoms with Crippen LogP contribution in [0.2, 0.25) is 0 Å². The number of pyridine rings is 1. The van der Waals surface area contributed by atoms with Crippen molar-refractivity contribution in [1.29, 1.82) is 0 Å². The van der Waals surface area contributed by atoms with Gasteiger partial charge in [0.25, 0.3) is 0 Å². The van der Waals surface area contributed by atoms with Crippen molar-refractivity contribution in [3.63, 3.8) is 0 Å². The van der Waals surface area contributed by atoms with Crippen molar-refractivity contribution in [1.82, 2.24) is 14.8 Å². The second-order valence-electron chi connectivity index (χ2n) is 4.84. The predicted octanol–water partition coefficient (Wildman–Crippen LogP) is 2.92. The molecule has 1 aromatic carbocycles. The molecule has 0 aliphatic rings. The summed E-state index contributed by atoms with van der Waals surface area (Å²) in [4.78, 5) is 15.1. The molecular formula is C16H14N4O2. The summed E-state index contributed by atoms with van der Waals surface area (Å²) in [6.45, 7) is 0. The third-order valence-corrected chi connectivity index (χ3v) is 3.20. The lowest BCUT2D eigenvalue weighted by atomic mass is 10.1. The van der Waals surface area contributed by atoms with Crippen LogP contribution < -0.4 is 5.32 Å². The Morgan fingerprint density at radius 2 is 1.95 bits per heavy atom.